The molecule has 29 heavy (non-hydrogen) atoms. The van der Waals surface area contributed by atoms with Gasteiger partial charge in [0.05, 0.1) is 12.1 Å². The fourth-order valence-electron chi connectivity index (χ4n) is 5.23. The summed E-state index contributed by atoms with van der Waals surface area (Å²) < 4.78 is 1.82. The number of nitrogens with zero attached hydrogens (tertiary/aromatic N) is 3. The molecule has 3 heterocycles. The number of H-pyrrole nitrogens is 2. The molecule has 2 N–H and O–H groups in total. The van der Waals surface area contributed by atoms with Crippen molar-refractivity contribution in [1.29, 1.82) is 0 Å². The first-order valence-electron chi connectivity index (χ1n) is 11.3. The summed E-state index contributed by atoms with van der Waals surface area (Å²) in [4.78, 5) is 24.8. The van der Waals surface area contributed by atoms with Gasteiger partial charge in [-0.3, -0.25) is 4.90 Å². The number of aryl methyl sites for hydroxylation is 1. The first kappa shape index (κ1) is 18.8. The zero-order chi connectivity index (χ0) is 19.6. The van der Waals surface area contributed by atoms with Gasteiger partial charge in [0.1, 0.15) is 0 Å². The zero-order valence-corrected chi connectivity index (χ0v) is 17.2. The Hall–Kier alpha value is -2.18. The van der Waals surface area contributed by atoms with Gasteiger partial charge in [0.2, 0.25) is 6.33 Å². The third kappa shape index (κ3) is 3.83. The van der Waals surface area contributed by atoms with Crippen LogP contribution in [0.15, 0.2) is 35.4 Å². The molecule has 1 saturated heterocycles. The van der Waals surface area contributed by atoms with Gasteiger partial charge in [-0.2, -0.15) is 4.57 Å². The molecule has 1 saturated carbocycles. The number of fused-ring (bicyclic) bond motifs is 3. The van der Waals surface area contributed by atoms with Gasteiger partial charge >= 0.3 is 5.56 Å². The smallest absolute Gasteiger partial charge is 0.345 e. The van der Waals surface area contributed by atoms with Crippen molar-refractivity contribution in [2.75, 3.05) is 32.7 Å². The normalized spacial score (nSPS) is 20.0. The van der Waals surface area contributed by atoms with Crippen LogP contribution in [-0.2, 0) is 6.54 Å². The second-order valence-electron chi connectivity index (χ2n) is 8.72. The number of aromatic amines is 2. The molecular formula is C23H32N5O+. The molecule has 6 nitrogen and oxygen atoms in total. The van der Waals surface area contributed by atoms with Crippen molar-refractivity contribution in [3.05, 3.63) is 40.9 Å². The lowest BCUT2D eigenvalue weighted by atomic mass is 9.94. The molecule has 154 valence electrons. The van der Waals surface area contributed by atoms with Crippen LogP contribution in [0.2, 0.25) is 0 Å². The molecule has 1 aromatic carbocycles. The number of rotatable bonds is 5. The number of benzene rings is 1. The molecule has 0 atom stereocenters. The molecule has 0 radical (unpaired) electrons. The second kappa shape index (κ2) is 8.28. The van der Waals surface area contributed by atoms with Crippen molar-refractivity contribution >= 4 is 21.9 Å². The van der Waals surface area contributed by atoms with E-state index in [2.05, 4.69) is 19.8 Å². The fourth-order valence-corrected chi connectivity index (χ4v) is 5.23. The fraction of sp³-hybridized carbons (Fsp3) is 0.565. The monoisotopic (exact) mass is 394 g/mol. The summed E-state index contributed by atoms with van der Waals surface area (Å²) in [5, 5.41) is 1.07. The van der Waals surface area contributed by atoms with Crippen LogP contribution >= 0.6 is 0 Å². The molecule has 3 aromatic rings. The molecular weight excluding hydrogens is 362 g/mol. The van der Waals surface area contributed by atoms with Gasteiger partial charge in [0.15, 0.2) is 11.0 Å². The van der Waals surface area contributed by atoms with Crippen LogP contribution < -0.4 is 10.5 Å². The minimum absolute atomic E-state index is 0.0667. The van der Waals surface area contributed by atoms with E-state index in [9.17, 15) is 4.79 Å². The Morgan fingerprint density at radius 1 is 1.00 bits per heavy atom. The summed E-state index contributed by atoms with van der Waals surface area (Å²) in [5.74, 6) is 0. The Bertz CT molecular complexity index is 1020. The molecule has 0 amide bonds. The predicted octanol–water partition coefficient (Wildman–Crippen LogP) is 2.64. The third-order valence-corrected chi connectivity index (χ3v) is 6.92. The average molecular weight is 395 g/mol. The summed E-state index contributed by atoms with van der Waals surface area (Å²) in [6, 6.07) is 8.89. The molecule has 2 fully saturated rings. The molecule has 1 aliphatic carbocycles. The minimum Gasteiger partial charge on any atom is -0.345 e. The number of hydrogen-bond acceptors (Lipinski definition) is 3. The maximum atomic E-state index is 12.9. The van der Waals surface area contributed by atoms with Crippen LogP contribution in [0.25, 0.3) is 21.9 Å². The van der Waals surface area contributed by atoms with Crippen molar-refractivity contribution in [3.8, 4) is 0 Å². The standard InChI is InChI=1S/C23H31N5O/c29-23-22-21(19-9-4-5-10-20(19)25-22)24-17-28(23)12-6-11-26-13-15-27(16-14-26)18-7-2-1-3-8-18/h4-5,9-10,17-18,25H,1-3,6-8,11-16H2/p+1. The molecule has 2 aromatic heterocycles. The van der Waals surface area contributed by atoms with Gasteiger partial charge in [-0.15, -0.1) is 0 Å². The number of nitrogens with one attached hydrogen (secondary N) is 2. The van der Waals surface area contributed by atoms with Gasteiger partial charge in [-0.25, -0.2) is 9.78 Å². The van der Waals surface area contributed by atoms with Crippen LogP contribution in [0.1, 0.15) is 38.5 Å². The highest BCUT2D eigenvalue weighted by Crippen LogP contribution is 2.23. The van der Waals surface area contributed by atoms with E-state index in [-0.39, 0.29) is 5.56 Å². The second-order valence-corrected chi connectivity index (χ2v) is 8.72. The van der Waals surface area contributed by atoms with Crippen molar-refractivity contribution in [2.24, 2.45) is 0 Å². The maximum Gasteiger partial charge on any atom is 0.361 e. The third-order valence-electron chi connectivity index (χ3n) is 6.92. The zero-order valence-electron chi connectivity index (χ0n) is 17.2. The van der Waals surface area contributed by atoms with Crippen molar-refractivity contribution in [1.82, 2.24) is 19.4 Å². The number of para-hydroxylation sites is 1. The predicted molar refractivity (Wildman–Crippen MR) is 116 cm³/mol. The number of hydrogen-bond donors (Lipinski definition) is 1. The molecule has 6 heteroatoms. The first-order valence-corrected chi connectivity index (χ1v) is 11.3. The summed E-state index contributed by atoms with van der Waals surface area (Å²) >= 11 is 0. The summed E-state index contributed by atoms with van der Waals surface area (Å²) in [5.41, 5.74) is 2.65. The quantitative estimate of drug-likeness (QED) is 0.724. The van der Waals surface area contributed by atoms with Crippen LogP contribution in [0.5, 0.6) is 0 Å². The summed E-state index contributed by atoms with van der Waals surface area (Å²) in [7, 11) is 0. The van der Waals surface area contributed by atoms with E-state index >= 15 is 0 Å². The average Bonchev–Trinajstić information content (AvgIpc) is 3.16. The Balaban J connectivity index is 1.17. The maximum absolute atomic E-state index is 12.9. The van der Waals surface area contributed by atoms with E-state index in [0.29, 0.717) is 5.52 Å². The lowest BCUT2D eigenvalue weighted by molar-refractivity contribution is -0.352. The van der Waals surface area contributed by atoms with Gasteiger partial charge in [0.25, 0.3) is 0 Å². The van der Waals surface area contributed by atoms with E-state index in [4.69, 9.17) is 0 Å². The summed E-state index contributed by atoms with van der Waals surface area (Å²) in [6.07, 6.45) is 9.90. The molecule has 0 spiro atoms. The highest BCUT2D eigenvalue weighted by Gasteiger charge is 2.25. The number of piperazine rings is 1. The largest absolute Gasteiger partial charge is 0.361 e. The van der Waals surface area contributed by atoms with Crippen LogP contribution in [0.4, 0.5) is 0 Å². The first-order chi connectivity index (χ1) is 14.3. The molecule has 0 bridgehead atoms. The van der Waals surface area contributed by atoms with Crippen molar-refractivity contribution < 1.29 is 4.98 Å². The van der Waals surface area contributed by atoms with Crippen molar-refractivity contribution in [3.63, 3.8) is 0 Å². The molecule has 1 aliphatic heterocycles. The minimum atomic E-state index is 0.0667. The Kier molecular flexibility index (Phi) is 5.38. The van der Waals surface area contributed by atoms with Crippen LogP contribution in [0.3, 0.4) is 0 Å². The Morgan fingerprint density at radius 2 is 1.79 bits per heavy atom. The highest BCUT2D eigenvalue weighted by atomic mass is 16.1. The van der Waals surface area contributed by atoms with Gasteiger partial charge in [-0.1, -0.05) is 31.4 Å². The van der Waals surface area contributed by atoms with Crippen LogP contribution in [0, 0.1) is 0 Å². The lowest BCUT2D eigenvalue weighted by Gasteiger charge is -2.40. The van der Waals surface area contributed by atoms with E-state index in [1.807, 2.05) is 35.2 Å². The van der Waals surface area contributed by atoms with Gasteiger partial charge < -0.3 is 9.88 Å². The summed E-state index contributed by atoms with van der Waals surface area (Å²) in [6.45, 7) is 6.56. The van der Waals surface area contributed by atoms with E-state index in [1.54, 1.807) is 0 Å². The SMILES string of the molecule is O=c1c2[nH]c3ccccc3c2[nH+]cn1CCCN1CCN(C2CCCCC2)CC1. The van der Waals surface area contributed by atoms with Crippen LogP contribution in [-0.4, -0.2) is 58.1 Å². The number of aromatic nitrogens is 3. The van der Waals surface area contributed by atoms with Gasteiger partial charge in [0, 0.05) is 44.2 Å². The Labute approximate surface area is 171 Å². The highest BCUT2D eigenvalue weighted by molar-refractivity contribution is 6.02. The van der Waals surface area contributed by atoms with Crippen molar-refractivity contribution in [2.45, 2.75) is 51.1 Å². The van der Waals surface area contributed by atoms with E-state index < -0.39 is 0 Å². The topological polar surface area (TPSA) is 58.4 Å². The lowest BCUT2D eigenvalue weighted by Crippen LogP contribution is -2.51. The molecule has 2 aliphatic rings. The van der Waals surface area contributed by atoms with Gasteiger partial charge in [-0.05, 0) is 31.4 Å². The van der Waals surface area contributed by atoms with E-state index in [0.717, 1.165) is 42.0 Å². The molecule has 5 rings (SSSR count). The Morgan fingerprint density at radius 3 is 2.62 bits per heavy atom. The van der Waals surface area contributed by atoms with E-state index in [1.165, 1.54) is 58.3 Å². The molecule has 0 unspecified atom stereocenters.